The summed E-state index contributed by atoms with van der Waals surface area (Å²) in [6.45, 7) is 6.59. The fourth-order valence-electron chi connectivity index (χ4n) is 2.51. The molecule has 2 nitrogen and oxygen atoms in total. The Kier molecular flexibility index (Phi) is 4.08. The minimum atomic E-state index is 0.353. The summed E-state index contributed by atoms with van der Waals surface area (Å²) in [5, 5.41) is 0.802. The van der Waals surface area contributed by atoms with Gasteiger partial charge in [-0.2, -0.15) is 0 Å². The van der Waals surface area contributed by atoms with E-state index in [4.69, 9.17) is 17.3 Å². The lowest BCUT2D eigenvalue weighted by atomic mass is 9.90. The first-order valence-corrected chi connectivity index (χ1v) is 6.68. The lowest BCUT2D eigenvalue weighted by molar-refractivity contribution is 0.102. The number of benzene rings is 1. The summed E-state index contributed by atoms with van der Waals surface area (Å²) in [5.74, 6) is 0.582. The second-order valence-corrected chi connectivity index (χ2v) is 5.72. The van der Waals surface area contributed by atoms with E-state index >= 15 is 0 Å². The molecule has 17 heavy (non-hydrogen) atoms. The van der Waals surface area contributed by atoms with Gasteiger partial charge >= 0.3 is 0 Å². The van der Waals surface area contributed by atoms with Crippen molar-refractivity contribution in [3.63, 3.8) is 0 Å². The minimum absolute atomic E-state index is 0.353. The van der Waals surface area contributed by atoms with Crippen LogP contribution in [0.2, 0.25) is 5.02 Å². The first kappa shape index (κ1) is 12.9. The van der Waals surface area contributed by atoms with E-state index in [1.54, 1.807) is 0 Å². The highest BCUT2D eigenvalue weighted by Crippen LogP contribution is 2.23. The molecule has 2 N–H and O–H groups in total. The van der Waals surface area contributed by atoms with Crippen LogP contribution in [0.25, 0.3) is 0 Å². The molecular formula is C14H21ClN2. The predicted molar refractivity (Wildman–Crippen MR) is 73.1 cm³/mol. The van der Waals surface area contributed by atoms with Crippen molar-refractivity contribution in [2.45, 2.75) is 38.9 Å². The monoisotopic (exact) mass is 252 g/mol. The van der Waals surface area contributed by atoms with Gasteiger partial charge in [0.05, 0.1) is 0 Å². The molecule has 0 aliphatic carbocycles. The van der Waals surface area contributed by atoms with Crippen LogP contribution in [0, 0.1) is 5.92 Å². The zero-order valence-corrected chi connectivity index (χ0v) is 11.3. The second-order valence-electron chi connectivity index (χ2n) is 5.28. The predicted octanol–water partition coefficient (Wildman–Crippen LogP) is 2.90. The number of piperidine rings is 1. The Balaban J connectivity index is 2.00. The van der Waals surface area contributed by atoms with Crippen LogP contribution in [-0.4, -0.2) is 23.5 Å². The molecule has 0 radical (unpaired) electrons. The van der Waals surface area contributed by atoms with Crippen molar-refractivity contribution in [1.29, 1.82) is 0 Å². The van der Waals surface area contributed by atoms with Gasteiger partial charge in [-0.1, -0.05) is 30.7 Å². The fourth-order valence-corrected chi connectivity index (χ4v) is 2.63. The van der Waals surface area contributed by atoms with Gasteiger partial charge in [0.25, 0.3) is 0 Å². The molecule has 3 heteroatoms. The molecule has 0 saturated carbocycles. The smallest absolute Gasteiger partial charge is 0.0406 e. The summed E-state index contributed by atoms with van der Waals surface area (Å²) in [6, 6.07) is 9.05. The molecule has 0 spiro atoms. The van der Waals surface area contributed by atoms with Gasteiger partial charge < -0.3 is 5.73 Å². The number of halogens is 1. The average molecular weight is 253 g/mol. The molecule has 1 aromatic rings. The number of rotatable bonds is 2. The van der Waals surface area contributed by atoms with Gasteiger partial charge in [-0.05, 0) is 37.0 Å². The topological polar surface area (TPSA) is 29.3 Å². The van der Waals surface area contributed by atoms with Crippen molar-refractivity contribution >= 4 is 11.6 Å². The molecule has 0 amide bonds. The number of likely N-dealkylation sites (tertiary alicyclic amines) is 1. The summed E-state index contributed by atoms with van der Waals surface area (Å²) in [5.41, 5.74) is 7.42. The normalized spacial score (nSPS) is 30.5. The Morgan fingerprint density at radius 1 is 1.29 bits per heavy atom. The summed E-state index contributed by atoms with van der Waals surface area (Å²) in [4.78, 5) is 2.51. The zero-order chi connectivity index (χ0) is 12.4. The lowest BCUT2D eigenvalue weighted by Gasteiger charge is -2.40. The van der Waals surface area contributed by atoms with Crippen molar-refractivity contribution in [2.75, 3.05) is 6.54 Å². The highest BCUT2D eigenvalue weighted by atomic mass is 35.5. The van der Waals surface area contributed by atoms with Gasteiger partial charge in [0.1, 0.15) is 0 Å². The van der Waals surface area contributed by atoms with Crippen molar-refractivity contribution in [3.8, 4) is 0 Å². The number of hydrogen-bond donors (Lipinski definition) is 1. The molecule has 1 fully saturated rings. The molecule has 1 unspecified atom stereocenters. The molecule has 94 valence electrons. The van der Waals surface area contributed by atoms with Crippen LogP contribution in [0.3, 0.4) is 0 Å². The largest absolute Gasteiger partial charge is 0.327 e. The van der Waals surface area contributed by atoms with E-state index in [0.717, 1.165) is 24.5 Å². The SMILES string of the molecule is C[C@@H]1CN(Cc2ccc(Cl)cc2)[C@@H](C)CC1N. The lowest BCUT2D eigenvalue weighted by Crippen LogP contribution is -2.50. The highest BCUT2D eigenvalue weighted by molar-refractivity contribution is 6.30. The molecule has 1 heterocycles. The van der Waals surface area contributed by atoms with Gasteiger partial charge in [-0.25, -0.2) is 0 Å². The molecule has 1 aliphatic heterocycles. The van der Waals surface area contributed by atoms with Gasteiger partial charge in [0, 0.05) is 30.2 Å². The first-order valence-electron chi connectivity index (χ1n) is 6.30. The molecule has 3 atom stereocenters. The maximum Gasteiger partial charge on any atom is 0.0406 e. The van der Waals surface area contributed by atoms with Crippen LogP contribution in [0.5, 0.6) is 0 Å². The maximum atomic E-state index is 6.10. The van der Waals surface area contributed by atoms with E-state index in [2.05, 4.69) is 30.9 Å². The molecular weight excluding hydrogens is 232 g/mol. The van der Waals surface area contributed by atoms with Crippen molar-refractivity contribution in [2.24, 2.45) is 11.7 Å². The van der Waals surface area contributed by atoms with Crippen LogP contribution < -0.4 is 5.73 Å². The Morgan fingerprint density at radius 2 is 1.94 bits per heavy atom. The summed E-state index contributed by atoms with van der Waals surface area (Å²) in [6.07, 6.45) is 1.09. The van der Waals surface area contributed by atoms with E-state index in [9.17, 15) is 0 Å². The van der Waals surface area contributed by atoms with E-state index in [0.29, 0.717) is 18.0 Å². The third kappa shape index (κ3) is 3.21. The van der Waals surface area contributed by atoms with Gasteiger partial charge in [0.2, 0.25) is 0 Å². The molecule has 1 saturated heterocycles. The third-order valence-electron chi connectivity index (χ3n) is 3.79. The molecule has 0 bridgehead atoms. The van der Waals surface area contributed by atoms with Crippen molar-refractivity contribution in [3.05, 3.63) is 34.9 Å². The Labute approximate surface area is 109 Å². The van der Waals surface area contributed by atoms with Crippen LogP contribution in [0.4, 0.5) is 0 Å². The first-order chi connectivity index (χ1) is 8.06. The van der Waals surface area contributed by atoms with E-state index in [-0.39, 0.29) is 0 Å². The molecule has 1 aliphatic rings. The summed E-state index contributed by atoms with van der Waals surface area (Å²) in [7, 11) is 0. The van der Waals surface area contributed by atoms with Crippen LogP contribution >= 0.6 is 11.6 Å². The Bertz CT molecular complexity index is 363. The Hall–Kier alpha value is -0.570. The summed E-state index contributed by atoms with van der Waals surface area (Å²) < 4.78 is 0. The fraction of sp³-hybridized carbons (Fsp3) is 0.571. The van der Waals surface area contributed by atoms with E-state index in [1.165, 1.54) is 5.56 Å². The van der Waals surface area contributed by atoms with Gasteiger partial charge in [-0.3, -0.25) is 4.90 Å². The average Bonchev–Trinajstić information content (AvgIpc) is 2.29. The minimum Gasteiger partial charge on any atom is -0.327 e. The molecule has 0 aromatic heterocycles. The Morgan fingerprint density at radius 3 is 2.59 bits per heavy atom. The highest BCUT2D eigenvalue weighted by Gasteiger charge is 2.28. The molecule has 2 rings (SSSR count). The van der Waals surface area contributed by atoms with Gasteiger partial charge in [-0.15, -0.1) is 0 Å². The standard InChI is InChI=1S/C14H21ClN2/c1-10-8-17(11(2)7-14(10)16)9-12-3-5-13(15)6-4-12/h3-6,10-11,14H,7-9,16H2,1-2H3/t10-,11+,14?/m1/s1. The quantitative estimate of drug-likeness (QED) is 0.877. The van der Waals surface area contributed by atoms with Crippen molar-refractivity contribution < 1.29 is 0 Å². The van der Waals surface area contributed by atoms with E-state index in [1.807, 2.05) is 12.1 Å². The molecule has 1 aromatic carbocycles. The van der Waals surface area contributed by atoms with Crippen LogP contribution in [-0.2, 0) is 6.54 Å². The van der Waals surface area contributed by atoms with E-state index < -0.39 is 0 Å². The van der Waals surface area contributed by atoms with Crippen molar-refractivity contribution in [1.82, 2.24) is 4.90 Å². The second kappa shape index (κ2) is 5.38. The number of hydrogen-bond acceptors (Lipinski definition) is 2. The maximum absolute atomic E-state index is 6.10. The number of nitrogens with zero attached hydrogens (tertiary/aromatic N) is 1. The summed E-state index contributed by atoms with van der Waals surface area (Å²) >= 11 is 5.90. The number of nitrogens with two attached hydrogens (primary N) is 1. The third-order valence-corrected chi connectivity index (χ3v) is 4.04. The van der Waals surface area contributed by atoms with Crippen LogP contribution in [0.1, 0.15) is 25.8 Å². The van der Waals surface area contributed by atoms with Crippen LogP contribution in [0.15, 0.2) is 24.3 Å². The zero-order valence-electron chi connectivity index (χ0n) is 10.6. The van der Waals surface area contributed by atoms with Gasteiger partial charge in [0.15, 0.2) is 0 Å².